The van der Waals surface area contributed by atoms with Crippen LogP contribution in [0, 0.1) is 0 Å². The quantitative estimate of drug-likeness (QED) is 0.856. The molecule has 3 nitrogen and oxygen atoms in total. The molecule has 1 unspecified atom stereocenters. The Balaban J connectivity index is 2.55. The normalized spacial score (nSPS) is 12.7. The molecule has 1 heterocycles. The number of aliphatic hydroxyl groups excluding tert-OH is 1. The second-order valence-corrected chi connectivity index (χ2v) is 3.90. The van der Waals surface area contributed by atoms with Gasteiger partial charge in [0.05, 0.1) is 18.7 Å². The second kappa shape index (κ2) is 4.49. The van der Waals surface area contributed by atoms with Crippen LogP contribution in [0.15, 0.2) is 30.3 Å². The van der Waals surface area contributed by atoms with Crippen molar-refractivity contribution in [2.75, 3.05) is 7.11 Å². The van der Waals surface area contributed by atoms with Crippen LogP contribution in [0.2, 0.25) is 0 Å². The van der Waals surface area contributed by atoms with Crippen molar-refractivity contribution in [3.8, 4) is 5.88 Å². The molecule has 0 saturated carbocycles. The summed E-state index contributed by atoms with van der Waals surface area (Å²) in [5, 5.41) is 10.5. The van der Waals surface area contributed by atoms with Crippen molar-refractivity contribution in [1.29, 1.82) is 0 Å². The summed E-state index contributed by atoms with van der Waals surface area (Å²) in [5.74, 6) is 0.602. The predicted octanol–water partition coefficient (Wildman–Crippen LogP) is 2.17. The van der Waals surface area contributed by atoms with Gasteiger partial charge in [0.2, 0.25) is 5.88 Å². The van der Waals surface area contributed by atoms with E-state index in [9.17, 15) is 5.11 Å². The molecule has 3 heteroatoms. The maximum Gasteiger partial charge on any atom is 0.213 e. The van der Waals surface area contributed by atoms with E-state index in [0.29, 0.717) is 12.3 Å². The van der Waals surface area contributed by atoms with Crippen molar-refractivity contribution in [3.05, 3.63) is 35.9 Å². The molecule has 0 radical (unpaired) electrons. The van der Waals surface area contributed by atoms with Gasteiger partial charge in [0.15, 0.2) is 0 Å². The lowest BCUT2D eigenvalue weighted by Crippen LogP contribution is -2.05. The Morgan fingerprint density at radius 3 is 2.81 bits per heavy atom. The third kappa shape index (κ3) is 2.14. The predicted molar refractivity (Wildman–Crippen MR) is 63.7 cm³/mol. The van der Waals surface area contributed by atoms with Crippen molar-refractivity contribution in [2.45, 2.75) is 19.4 Å². The van der Waals surface area contributed by atoms with Gasteiger partial charge in [-0.2, -0.15) is 0 Å². The fraction of sp³-hybridized carbons (Fsp3) is 0.308. The van der Waals surface area contributed by atoms with E-state index < -0.39 is 0 Å². The second-order valence-electron chi connectivity index (χ2n) is 3.90. The van der Waals surface area contributed by atoms with Crippen LogP contribution in [0.25, 0.3) is 10.9 Å². The summed E-state index contributed by atoms with van der Waals surface area (Å²) in [6.07, 6.45) is 0.246. The molecule has 1 aromatic heterocycles. The number of fused-ring (bicyclic) bond motifs is 1. The van der Waals surface area contributed by atoms with Gasteiger partial charge in [-0.05, 0) is 18.6 Å². The lowest BCUT2D eigenvalue weighted by Gasteiger charge is -2.08. The maximum atomic E-state index is 9.43. The summed E-state index contributed by atoms with van der Waals surface area (Å²) in [6, 6.07) is 9.80. The minimum absolute atomic E-state index is 0.362. The number of hydrogen-bond acceptors (Lipinski definition) is 3. The van der Waals surface area contributed by atoms with Crippen LogP contribution < -0.4 is 4.74 Å². The zero-order chi connectivity index (χ0) is 11.5. The summed E-state index contributed by atoms with van der Waals surface area (Å²) in [4.78, 5) is 4.41. The zero-order valence-corrected chi connectivity index (χ0v) is 9.47. The molecule has 1 N–H and O–H groups in total. The first-order valence-corrected chi connectivity index (χ1v) is 5.31. The molecule has 1 atom stereocenters. The fourth-order valence-corrected chi connectivity index (χ4v) is 1.79. The van der Waals surface area contributed by atoms with Gasteiger partial charge in [0.1, 0.15) is 0 Å². The van der Waals surface area contributed by atoms with Crippen LogP contribution in [0.1, 0.15) is 12.5 Å². The molecule has 0 saturated heterocycles. The van der Waals surface area contributed by atoms with Crippen LogP contribution >= 0.6 is 0 Å². The molecule has 0 aliphatic rings. The first kappa shape index (κ1) is 10.9. The molecule has 0 bridgehead atoms. The molecule has 0 amide bonds. The van der Waals surface area contributed by atoms with Crippen LogP contribution in [0.3, 0.4) is 0 Å². The first-order valence-electron chi connectivity index (χ1n) is 5.31. The maximum absolute atomic E-state index is 9.43. The Morgan fingerprint density at radius 2 is 2.12 bits per heavy atom. The van der Waals surface area contributed by atoms with Crippen LogP contribution in [-0.4, -0.2) is 23.3 Å². The Labute approximate surface area is 94.7 Å². The van der Waals surface area contributed by atoms with Gasteiger partial charge in [-0.3, -0.25) is 0 Å². The van der Waals surface area contributed by atoms with E-state index in [1.54, 1.807) is 14.0 Å². The Morgan fingerprint density at radius 1 is 1.31 bits per heavy atom. The van der Waals surface area contributed by atoms with Crippen LogP contribution in [-0.2, 0) is 6.42 Å². The molecule has 0 aliphatic heterocycles. The fourth-order valence-electron chi connectivity index (χ4n) is 1.79. The van der Waals surface area contributed by atoms with E-state index in [1.165, 1.54) is 0 Å². The molecule has 84 valence electrons. The Bertz CT molecular complexity index is 494. The number of ether oxygens (including phenoxy) is 1. The van der Waals surface area contributed by atoms with Gasteiger partial charge < -0.3 is 9.84 Å². The highest BCUT2D eigenvalue weighted by molar-refractivity contribution is 5.82. The van der Waals surface area contributed by atoms with Crippen molar-refractivity contribution in [2.24, 2.45) is 0 Å². The number of benzene rings is 1. The van der Waals surface area contributed by atoms with Gasteiger partial charge in [-0.1, -0.05) is 18.2 Å². The molecule has 0 aliphatic carbocycles. The first-order chi connectivity index (χ1) is 7.70. The number of pyridine rings is 1. The largest absolute Gasteiger partial charge is 0.481 e. The van der Waals surface area contributed by atoms with Crippen molar-refractivity contribution >= 4 is 10.9 Å². The van der Waals surface area contributed by atoms with E-state index in [-0.39, 0.29) is 6.10 Å². The van der Waals surface area contributed by atoms with Gasteiger partial charge in [0.25, 0.3) is 0 Å². The van der Waals surface area contributed by atoms with E-state index in [4.69, 9.17) is 4.74 Å². The average molecular weight is 217 g/mol. The molecule has 16 heavy (non-hydrogen) atoms. The summed E-state index contributed by atoms with van der Waals surface area (Å²) in [7, 11) is 1.60. The van der Waals surface area contributed by atoms with Gasteiger partial charge >= 0.3 is 0 Å². The average Bonchev–Trinajstić information content (AvgIpc) is 2.28. The van der Waals surface area contributed by atoms with Crippen LogP contribution in [0.4, 0.5) is 0 Å². The molecular weight excluding hydrogens is 202 g/mol. The monoisotopic (exact) mass is 217 g/mol. The molecule has 2 aromatic rings. The SMILES string of the molecule is COc1ccc2cccc(CC(C)O)c2n1. The third-order valence-corrected chi connectivity index (χ3v) is 2.50. The Kier molecular flexibility index (Phi) is 3.06. The molecule has 1 aromatic carbocycles. The number of aromatic nitrogens is 1. The summed E-state index contributed by atoms with van der Waals surface area (Å²) in [5.41, 5.74) is 1.95. The van der Waals surface area contributed by atoms with Crippen molar-refractivity contribution < 1.29 is 9.84 Å². The van der Waals surface area contributed by atoms with E-state index in [1.807, 2.05) is 30.3 Å². The zero-order valence-electron chi connectivity index (χ0n) is 9.47. The van der Waals surface area contributed by atoms with Crippen molar-refractivity contribution in [3.63, 3.8) is 0 Å². The van der Waals surface area contributed by atoms with E-state index in [2.05, 4.69) is 4.98 Å². The highest BCUT2D eigenvalue weighted by atomic mass is 16.5. The number of nitrogens with zero attached hydrogens (tertiary/aromatic N) is 1. The van der Waals surface area contributed by atoms with Gasteiger partial charge in [0, 0.05) is 17.9 Å². The minimum Gasteiger partial charge on any atom is -0.481 e. The van der Waals surface area contributed by atoms with Gasteiger partial charge in [-0.15, -0.1) is 0 Å². The van der Waals surface area contributed by atoms with E-state index in [0.717, 1.165) is 16.5 Å². The molecule has 0 spiro atoms. The summed E-state index contributed by atoms with van der Waals surface area (Å²) < 4.78 is 5.11. The Hall–Kier alpha value is -1.61. The number of aliphatic hydroxyl groups is 1. The summed E-state index contributed by atoms with van der Waals surface area (Å²) >= 11 is 0. The smallest absolute Gasteiger partial charge is 0.213 e. The summed E-state index contributed by atoms with van der Waals surface area (Å²) in [6.45, 7) is 1.78. The molecule has 2 rings (SSSR count). The lowest BCUT2D eigenvalue weighted by atomic mass is 10.0. The topological polar surface area (TPSA) is 42.4 Å². The number of methoxy groups -OCH3 is 1. The third-order valence-electron chi connectivity index (χ3n) is 2.50. The van der Waals surface area contributed by atoms with Gasteiger partial charge in [-0.25, -0.2) is 4.98 Å². The highest BCUT2D eigenvalue weighted by Gasteiger charge is 2.06. The lowest BCUT2D eigenvalue weighted by molar-refractivity contribution is 0.196. The number of hydrogen-bond donors (Lipinski definition) is 1. The molecular formula is C13H15NO2. The van der Waals surface area contributed by atoms with Crippen LogP contribution in [0.5, 0.6) is 5.88 Å². The number of rotatable bonds is 3. The van der Waals surface area contributed by atoms with E-state index >= 15 is 0 Å². The highest BCUT2D eigenvalue weighted by Crippen LogP contribution is 2.21. The van der Waals surface area contributed by atoms with Crippen molar-refractivity contribution in [1.82, 2.24) is 4.98 Å². The molecule has 0 fully saturated rings. The minimum atomic E-state index is -0.362. The standard InChI is InChI=1S/C13H15NO2/c1-9(15)8-11-5-3-4-10-6-7-12(16-2)14-13(10)11/h3-7,9,15H,8H2,1-2H3. The number of para-hydroxylation sites is 1.